The summed E-state index contributed by atoms with van der Waals surface area (Å²) in [7, 11) is 1.64. The highest BCUT2D eigenvalue weighted by Crippen LogP contribution is 2.34. The molecule has 0 bridgehead atoms. The normalized spacial score (nSPS) is 16.4. The van der Waals surface area contributed by atoms with Crippen molar-refractivity contribution in [3.8, 4) is 5.75 Å². The molecule has 1 aliphatic heterocycles. The molecule has 27 heavy (non-hydrogen) atoms. The van der Waals surface area contributed by atoms with Crippen molar-refractivity contribution in [2.75, 3.05) is 46.2 Å². The number of nitrogens with zero attached hydrogens (tertiary/aromatic N) is 1. The average Bonchev–Trinajstić information content (AvgIpc) is 2.68. The predicted molar refractivity (Wildman–Crippen MR) is 127 cm³/mol. The number of methoxy groups -OCH3 is 1. The smallest absolute Gasteiger partial charge is 0.191 e. The number of ether oxygens (including phenoxy) is 2. The van der Waals surface area contributed by atoms with E-state index >= 15 is 0 Å². The van der Waals surface area contributed by atoms with Crippen LogP contribution in [-0.4, -0.2) is 56.9 Å². The first-order chi connectivity index (χ1) is 12.6. The fraction of sp³-hybridized carbons (Fsp3) is 0.632. The number of nitrogens with one attached hydrogen (secondary N) is 2. The number of hydrogen-bond acceptors (Lipinski definition) is 4. The number of hydrogen-bond donors (Lipinski definition) is 2. The molecule has 8 heteroatoms. The van der Waals surface area contributed by atoms with Crippen LogP contribution in [0, 0.1) is 0 Å². The van der Waals surface area contributed by atoms with Gasteiger partial charge in [0.25, 0.3) is 0 Å². The van der Waals surface area contributed by atoms with Crippen LogP contribution in [0.3, 0.4) is 0 Å². The molecular formula is C19H31ClIN3O2S. The van der Waals surface area contributed by atoms with Crippen LogP contribution in [0.2, 0.25) is 5.02 Å². The monoisotopic (exact) mass is 527 g/mol. The second kappa shape index (κ2) is 13.0. The molecule has 0 saturated carbocycles. The van der Waals surface area contributed by atoms with E-state index in [0.717, 1.165) is 74.4 Å². The molecule has 1 fully saturated rings. The Morgan fingerprint density at radius 3 is 2.67 bits per heavy atom. The third-order valence-corrected chi connectivity index (χ3v) is 6.41. The van der Waals surface area contributed by atoms with Crippen molar-refractivity contribution in [1.29, 1.82) is 0 Å². The van der Waals surface area contributed by atoms with E-state index in [-0.39, 0.29) is 28.7 Å². The Kier molecular flexibility index (Phi) is 11.8. The lowest BCUT2D eigenvalue weighted by Gasteiger charge is -2.34. The van der Waals surface area contributed by atoms with Gasteiger partial charge in [0.05, 0.1) is 13.7 Å². The van der Waals surface area contributed by atoms with Crippen LogP contribution in [-0.2, 0) is 11.2 Å². The molecule has 0 spiro atoms. The molecule has 0 atom stereocenters. The highest BCUT2D eigenvalue weighted by molar-refractivity contribution is 14.0. The number of thioether (sulfide) groups is 1. The Labute approximate surface area is 189 Å². The molecule has 0 amide bonds. The molecule has 1 heterocycles. The first-order valence-corrected chi connectivity index (χ1v) is 10.7. The summed E-state index contributed by atoms with van der Waals surface area (Å²) in [6.45, 7) is 6.15. The van der Waals surface area contributed by atoms with E-state index in [4.69, 9.17) is 26.1 Å². The molecule has 0 radical (unpaired) electrons. The summed E-state index contributed by atoms with van der Waals surface area (Å²) >= 11 is 8.22. The minimum Gasteiger partial charge on any atom is -0.497 e. The molecule has 2 N–H and O–H groups in total. The molecule has 0 unspecified atom stereocenters. The van der Waals surface area contributed by atoms with Gasteiger partial charge in [-0.25, -0.2) is 0 Å². The standard InChI is InChI=1S/C19H30ClN3O2S.HI/c1-4-21-18(23-14-19(26-3)8-11-25-12-9-19)22-10-7-15-5-6-16(24-2)13-17(15)20;/h5-6,13H,4,7-12,14H2,1-3H3,(H2,21,22,23);1H. The zero-order valence-electron chi connectivity index (χ0n) is 16.3. The lowest BCUT2D eigenvalue weighted by Crippen LogP contribution is -2.41. The van der Waals surface area contributed by atoms with Gasteiger partial charge < -0.3 is 20.1 Å². The fourth-order valence-electron chi connectivity index (χ4n) is 2.91. The van der Waals surface area contributed by atoms with Crippen LogP contribution < -0.4 is 15.4 Å². The molecule has 0 aliphatic carbocycles. The quantitative estimate of drug-likeness (QED) is 0.304. The Balaban J connectivity index is 0.00000364. The third kappa shape index (κ3) is 7.87. The van der Waals surface area contributed by atoms with E-state index in [1.165, 1.54) is 0 Å². The maximum atomic E-state index is 6.32. The molecule has 0 aromatic heterocycles. The molecule has 1 aromatic rings. The van der Waals surface area contributed by atoms with E-state index < -0.39 is 0 Å². The molecule has 5 nitrogen and oxygen atoms in total. The summed E-state index contributed by atoms with van der Waals surface area (Å²) in [5.41, 5.74) is 1.10. The first kappa shape index (κ1) is 24.7. The van der Waals surface area contributed by atoms with Gasteiger partial charge in [-0.3, -0.25) is 4.99 Å². The maximum absolute atomic E-state index is 6.32. The Morgan fingerprint density at radius 2 is 2.07 bits per heavy atom. The Hall–Kier alpha value is -0.380. The van der Waals surface area contributed by atoms with Gasteiger partial charge in [-0.2, -0.15) is 11.8 Å². The second-order valence-electron chi connectivity index (χ2n) is 6.33. The number of halogens is 2. The van der Waals surface area contributed by atoms with Crippen molar-refractivity contribution >= 4 is 53.3 Å². The van der Waals surface area contributed by atoms with Gasteiger partial charge in [0, 0.05) is 36.1 Å². The topological polar surface area (TPSA) is 54.9 Å². The number of benzene rings is 1. The zero-order valence-corrected chi connectivity index (χ0v) is 20.2. The third-order valence-electron chi connectivity index (χ3n) is 4.65. The van der Waals surface area contributed by atoms with Crippen LogP contribution >= 0.6 is 47.3 Å². The zero-order chi connectivity index (χ0) is 18.8. The number of rotatable bonds is 8. The Morgan fingerprint density at radius 1 is 1.33 bits per heavy atom. The van der Waals surface area contributed by atoms with Crippen LogP contribution in [0.25, 0.3) is 0 Å². The van der Waals surface area contributed by atoms with Crippen LogP contribution in [0.5, 0.6) is 5.75 Å². The van der Waals surface area contributed by atoms with Crippen molar-refractivity contribution in [2.45, 2.75) is 30.9 Å². The summed E-state index contributed by atoms with van der Waals surface area (Å²) in [4.78, 5) is 4.83. The second-order valence-corrected chi connectivity index (χ2v) is 8.01. The number of guanidine groups is 1. The van der Waals surface area contributed by atoms with Crippen molar-refractivity contribution in [1.82, 2.24) is 10.6 Å². The molecule has 1 aliphatic rings. The van der Waals surface area contributed by atoms with Crippen molar-refractivity contribution in [3.63, 3.8) is 0 Å². The van der Waals surface area contributed by atoms with Gasteiger partial charge in [0.2, 0.25) is 0 Å². The highest BCUT2D eigenvalue weighted by atomic mass is 127. The molecule has 1 aromatic carbocycles. The van der Waals surface area contributed by atoms with Crippen LogP contribution in [0.4, 0.5) is 0 Å². The van der Waals surface area contributed by atoms with Gasteiger partial charge in [-0.1, -0.05) is 17.7 Å². The van der Waals surface area contributed by atoms with E-state index in [2.05, 4.69) is 23.8 Å². The summed E-state index contributed by atoms with van der Waals surface area (Å²) in [5.74, 6) is 1.64. The SMILES string of the molecule is CCNC(=NCC1(SC)CCOCC1)NCCc1ccc(OC)cc1Cl.I. The van der Waals surface area contributed by atoms with Gasteiger partial charge in [0.1, 0.15) is 5.75 Å². The largest absolute Gasteiger partial charge is 0.497 e. The minimum atomic E-state index is 0. The van der Waals surface area contributed by atoms with Crippen molar-refractivity contribution < 1.29 is 9.47 Å². The summed E-state index contributed by atoms with van der Waals surface area (Å²) in [6, 6.07) is 5.80. The van der Waals surface area contributed by atoms with Crippen LogP contribution in [0.15, 0.2) is 23.2 Å². The van der Waals surface area contributed by atoms with Gasteiger partial charge in [0.15, 0.2) is 5.96 Å². The maximum Gasteiger partial charge on any atom is 0.191 e. The molecule has 2 rings (SSSR count). The Bertz CT molecular complexity index is 598. The lowest BCUT2D eigenvalue weighted by atomic mass is 9.99. The molecular weight excluding hydrogens is 497 g/mol. The first-order valence-electron chi connectivity index (χ1n) is 9.10. The summed E-state index contributed by atoms with van der Waals surface area (Å²) < 4.78 is 10.9. The van der Waals surface area contributed by atoms with E-state index in [1.807, 2.05) is 30.0 Å². The van der Waals surface area contributed by atoms with Gasteiger partial charge in [-0.15, -0.1) is 24.0 Å². The minimum absolute atomic E-state index is 0. The summed E-state index contributed by atoms with van der Waals surface area (Å²) in [5, 5.41) is 7.48. The molecule has 154 valence electrons. The predicted octanol–water partition coefficient (Wildman–Crippen LogP) is 3.98. The van der Waals surface area contributed by atoms with Gasteiger partial charge >= 0.3 is 0 Å². The lowest BCUT2D eigenvalue weighted by molar-refractivity contribution is 0.0794. The van der Waals surface area contributed by atoms with Gasteiger partial charge in [-0.05, 0) is 50.1 Å². The van der Waals surface area contributed by atoms with Crippen molar-refractivity contribution in [2.24, 2.45) is 4.99 Å². The molecule has 1 saturated heterocycles. The number of aliphatic imine (C=N–C) groups is 1. The highest BCUT2D eigenvalue weighted by Gasteiger charge is 2.31. The average molecular weight is 528 g/mol. The van der Waals surface area contributed by atoms with E-state index in [1.54, 1.807) is 7.11 Å². The van der Waals surface area contributed by atoms with E-state index in [0.29, 0.717) is 0 Å². The van der Waals surface area contributed by atoms with Crippen LogP contribution in [0.1, 0.15) is 25.3 Å². The van der Waals surface area contributed by atoms with E-state index in [9.17, 15) is 0 Å². The van der Waals surface area contributed by atoms with Crippen molar-refractivity contribution in [3.05, 3.63) is 28.8 Å². The summed E-state index contributed by atoms with van der Waals surface area (Å²) in [6.07, 6.45) is 5.11. The fourth-order valence-corrected chi connectivity index (χ4v) is 3.94.